The van der Waals surface area contributed by atoms with Crippen LogP contribution in [0.1, 0.15) is 0 Å². The van der Waals surface area contributed by atoms with E-state index in [9.17, 15) is 0 Å². The normalized spacial score (nSPS) is 11.4. The summed E-state index contributed by atoms with van der Waals surface area (Å²) in [4.78, 5) is 15.1. The van der Waals surface area contributed by atoms with Gasteiger partial charge < -0.3 is 4.42 Å². The molecule has 2 heterocycles. The van der Waals surface area contributed by atoms with Crippen molar-refractivity contribution < 1.29 is 4.42 Å². The molecule has 0 saturated heterocycles. The van der Waals surface area contributed by atoms with Crippen LogP contribution in [0.3, 0.4) is 0 Å². The van der Waals surface area contributed by atoms with Crippen LogP contribution in [0.2, 0.25) is 0 Å². The summed E-state index contributed by atoms with van der Waals surface area (Å²) in [6.07, 6.45) is 0. The van der Waals surface area contributed by atoms with E-state index in [1.54, 1.807) is 0 Å². The Labute approximate surface area is 271 Å². The number of para-hydroxylation sites is 1. The zero-order valence-corrected chi connectivity index (χ0v) is 25.3. The Kier molecular flexibility index (Phi) is 6.43. The van der Waals surface area contributed by atoms with Crippen molar-refractivity contribution in [1.29, 1.82) is 0 Å². The van der Waals surface area contributed by atoms with Crippen LogP contribution in [0.5, 0.6) is 0 Å². The van der Waals surface area contributed by atoms with Gasteiger partial charge in [-0.25, -0.2) is 15.0 Å². The third kappa shape index (κ3) is 4.75. The summed E-state index contributed by atoms with van der Waals surface area (Å²) < 4.78 is 6.20. The largest absolute Gasteiger partial charge is 0.456 e. The van der Waals surface area contributed by atoms with Crippen LogP contribution in [-0.4, -0.2) is 15.0 Å². The van der Waals surface area contributed by atoms with Crippen LogP contribution in [-0.2, 0) is 0 Å². The predicted octanol–water partition coefficient (Wildman–Crippen LogP) is 11.3. The molecule has 0 fully saturated rings. The van der Waals surface area contributed by atoms with Crippen molar-refractivity contribution >= 4 is 32.7 Å². The van der Waals surface area contributed by atoms with E-state index in [0.29, 0.717) is 17.5 Å². The summed E-state index contributed by atoms with van der Waals surface area (Å²) in [6, 6.07) is 56.4. The monoisotopic (exact) mass is 601 g/mol. The number of fused-ring (bicyclic) bond motifs is 4. The van der Waals surface area contributed by atoms with Crippen LogP contribution in [0.25, 0.3) is 89.1 Å². The quantitative estimate of drug-likeness (QED) is 0.197. The van der Waals surface area contributed by atoms with E-state index in [0.717, 1.165) is 44.2 Å². The lowest BCUT2D eigenvalue weighted by Gasteiger charge is -2.15. The van der Waals surface area contributed by atoms with Crippen molar-refractivity contribution in [1.82, 2.24) is 15.0 Å². The van der Waals surface area contributed by atoms with E-state index < -0.39 is 0 Å². The highest BCUT2D eigenvalue weighted by atomic mass is 16.3. The molecule has 0 spiro atoms. The molecular weight excluding hydrogens is 574 g/mol. The van der Waals surface area contributed by atoms with Gasteiger partial charge in [0.25, 0.3) is 0 Å². The molecule has 47 heavy (non-hydrogen) atoms. The fraction of sp³-hybridized carbons (Fsp3) is 0. The van der Waals surface area contributed by atoms with Gasteiger partial charge in [-0.3, -0.25) is 0 Å². The van der Waals surface area contributed by atoms with E-state index in [2.05, 4.69) is 103 Å². The first-order valence-electron chi connectivity index (χ1n) is 15.7. The average Bonchev–Trinajstić information content (AvgIpc) is 3.54. The van der Waals surface area contributed by atoms with Gasteiger partial charge in [-0.15, -0.1) is 0 Å². The molecule has 0 N–H and O–H groups in total. The average molecular weight is 602 g/mol. The van der Waals surface area contributed by atoms with E-state index in [1.807, 2.05) is 60.7 Å². The van der Waals surface area contributed by atoms with Gasteiger partial charge in [0.05, 0.1) is 0 Å². The van der Waals surface area contributed by atoms with Gasteiger partial charge in [0, 0.05) is 27.5 Å². The van der Waals surface area contributed by atoms with Crippen LogP contribution < -0.4 is 0 Å². The molecule has 4 heteroatoms. The minimum Gasteiger partial charge on any atom is -0.456 e. The Balaban J connectivity index is 1.22. The molecule has 0 bridgehead atoms. The van der Waals surface area contributed by atoms with Crippen molar-refractivity contribution in [3.63, 3.8) is 0 Å². The second-order valence-corrected chi connectivity index (χ2v) is 11.6. The lowest BCUT2D eigenvalue weighted by Crippen LogP contribution is -2.00. The van der Waals surface area contributed by atoms with Crippen molar-refractivity contribution in [3.05, 3.63) is 164 Å². The smallest absolute Gasteiger partial charge is 0.164 e. The molecule has 0 unspecified atom stereocenters. The number of hydrogen-bond acceptors (Lipinski definition) is 4. The Morgan fingerprint density at radius 3 is 1.68 bits per heavy atom. The lowest BCUT2D eigenvalue weighted by molar-refractivity contribution is 0.669. The first kappa shape index (κ1) is 27.0. The second kappa shape index (κ2) is 11.2. The van der Waals surface area contributed by atoms with Crippen LogP contribution in [0.15, 0.2) is 168 Å². The first-order valence-corrected chi connectivity index (χ1v) is 15.7. The van der Waals surface area contributed by atoms with Crippen LogP contribution in [0, 0.1) is 0 Å². The SMILES string of the molecule is c1ccc(-c2nc(-c3ccc(-c4c(-c5ccccc5)ccc5ccccc45)cc3)nc(-c3cccc4oc5ccccc5c34)n2)cc1. The summed E-state index contributed by atoms with van der Waals surface area (Å²) in [5, 5.41) is 4.46. The van der Waals surface area contributed by atoms with E-state index in [-0.39, 0.29) is 0 Å². The number of hydrogen-bond donors (Lipinski definition) is 0. The summed E-state index contributed by atoms with van der Waals surface area (Å²) >= 11 is 0. The van der Waals surface area contributed by atoms with Gasteiger partial charge in [-0.2, -0.15) is 0 Å². The van der Waals surface area contributed by atoms with Gasteiger partial charge in [0.1, 0.15) is 11.2 Å². The summed E-state index contributed by atoms with van der Waals surface area (Å²) in [6.45, 7) is 0. The fourth-order valence-electron chi connectivity index (χ4n) is 6.53. The molecule has 0 radical (unpaired) electrons. The minimum atomic E-state index is 0.607. The van der Waals surface area contributed by atoms with Crippen molar-refractivity contribution in [2.45, 2.75) is 0 Å². The topological polar surface area (TPSA) is 51.8 Å². The highest BCUT2D eigenvalue weighted by molar-refractivity contribution is 6.11. The molecule has 9 aromatic rings. The molecular formula is C43H27N3O. The Morgan fingerprint density at radius 2 is 0.915 bits per heavy atom. The molecule has 0 amide bonds. The van der Waals surface area contributed by atoms with Crippen molar-refractivity contribution in [2.24, 2.45) is 0 Å². The third-order valence-electron chi connectivity index (χ3n) is 8.76. The molecule has 9 rings (SSSR count). The van der Waals surface area contributed by atoms with Crippen LogP contribution in [0.4, 0.5) is 0 Å². The maximum Gasteiger partial charge on any atom is 0.164 e. The molecule has 7 aromatic carbocycles. The number of rotatable bonds is 5. The van der Waals surface area contributed by atoms with Gasteiger partial charge in [-0.05, 0) is 45.2 Å². The molecule has 0 aliphatic carbocycles. The van der Waals surface area contributed by atoms with E-state index >= 15 is 0 Å². The Bertz CT molecular complexity index is 2550. The van der Waals surface area contributed by atoms with Gasteiger partial charge >= 0.3 is 0 Å². The Morgan fingerprint density at radius 1 is 0.340 bits per heavy atom. The number of furan rings is 1. The third-order valence-corrected chi connectivity index (χ3v) is 8.76. The molecule has 0 atom stereocenters. The molecule has 220 valence electrons. The maximum atomic E-state index is 6.20. The standard InChI is InChI=1S/C43H27N3O/c1-3-12-28(13-4-1)34-27-26-29-14-7-8-17-33(29)39(34)30-22-24-32(25-23-30)42-44-41(31-15-5-2-6-16-31)45-43(46-42)36-19-11-21-38-40(36)35-18-9-10-20-37(35)47-38/h1-27H. The van der Waals surface area contributed by atoms with Gasteiger partial charge in [0.15, 0.2) is 17.5 Å². The molecule has 0 aliphatic heterocycles. The number of benzene rings is 7. The number of nitrogens with zero attached hydrogens (tertiary/aromatic N) is 3. The number of aromatic nitrogens is 3. The highest BCUT2D eigenvalue weighted by Gasteiger charge is 2.18. The molecule has 2 aromatic heterocycles. The second-order valence-electron chi connectivity index (χ2n) is 11.6. The maximum absolute atomic E-state index is 6.20. The lowest BCUT2D eigenvalue weighted by atomic mass is 9.89. The van der Waals surface area contributed by atoms with E-state index in [4.69, 9.17) is 19.4 Å². The zero-order chi connectivity index (χ0) is 31.2. The molecule has 4 nitrogen and oxygen atoms in total. The molecule has 0 aliphatic rings. The fourth-order valence-corrected chi connectivity index (χ4v) is 6.53. The zero-order valence-electron chi connectivity index (χ0n) is 25.3. The summed E-state index contributed by atoms with van der Waals surface area (Å²) in [7, 11) is 0. The van der Waals surface area contributed by atoms with Gasteiger partial charge in [0.2, 0.25) is 0 Å². The summed E-state index contributed by atoms with van der Waals surface area (Å²) in [5.74, 6) is 1.85. The van der Waals surface area contributed by atoms with Crippen LogP contribution >= 0.6 is 0 Å². The van der Waals surface area contributed by atoms with Crippen molar-refractivity contribution in [3.8, 4) is 56.4 Å². The summed E-state index contributed by atoms with van der Waals surface area (Å²) in [5.41, 5.74) is 9.14. The predicted molar refractivity (Wildman–Crippen MR) is 192 cm³/mol. The van der Waals surface area contributed by atoms with E-state index in [1.165, 1.54) is 27.5 Å². The van der Waals surface area contributed by atoms with Crippen molar-refractivity contribution in [2.75, 3.05) is 0 Å². The highest BCUT2D eigenvalue weighted by Crippen LogP contribution is 2.40. The minimum absolute atomic E-state index is 0.607. The Hall–Kier alpha value is -6.39. The first-order chi connectivity index (χ1) is 23.3. The van der Waals surface area contributed by atoms with Gasteiger partial charge in [-0.1, -0.05) is 152 Å². The molecule has 0 saturated carbocycles.